The van der Waals surface area contributed by atoms with Crippen molar-refractivity contribution in [3.8, 4) is 11.5 Å². The number of amides is 2. The summed E-state index contributed by atoms with van der Waals surface area (Å²) in [4.78, 5) is 27.6. The molecule has 1 atom stereocenters. The predicted molar refractivity (Wildman–Crippen MR) is 146 cm³/mol. The average molecular weight is 560 g/mol. The Morgan fingerprint density at radius 1 is 0.974 bits per heavy atom. The zero-order valence-electron chi connectivity index (χ0n) is 21.5. The van der Waals surface area contributed by atoms with Crippen LogP contribution in [0, 0.1) is 0 Å². The Balaban J connectivity index is 2.04. The van der Waals surface area contributed by atoms with Gasteiger partial charge in [0.2, 0.25) is 11.8 Å². The van der Waals surface area contributed by atoms with E-state index >= 15 is 0 Å². The second-order valence-electron chi connectivity index (χ2n) is 8.30. The fourth-order valence-electron chi connectivity index (χ4n) is 3.78. The van der Waals surface area contributed by atoms with Crippen LogP contribution in [0.15, 0.2) is 77.7 Å². The van der Waals surface area contributed by atoms with Crippen molar-refractivity contribution in [2.45, 2.75) is 24.4 Å². The number of ether oxygens (including phenoxy) is 2. The molecular weight excluding hydrogens is 530 g/mol. The third-order valence-corrected chi connectivity index (χ3v) is 8.04. The number of nitrogens with zero attached hydrogens (tertiary/aromatic N) is 2. The molecule has 0 unspecified atom stereocenters. The summed E-state index contributed by atoms with van der Waals surface area (Å²) in [7, 11) is 0.281. The van der Waals surface area contributed by atoms with Crippen molar-refractivity contribution in [1.82, 2.24) is 10.2 Å². The summed E-state index contributed by atoms with van der Waals surface area (Å²) in [6.45, 7) is 1.08. The molecule has 9 nitrogen and oxygen atoms in total. The van der Waals surface area contributed by atoms with Crippen LogP contribution in [-0.2, 0) is 26.2 Å². The van der Waals surface area contributed by atoms with E-state index in [4.69, 9.17) is 21.1 Å². The number of rotatable bonds is 11. The zero-order chi connectivity index (χ0) is 27.9. The first kappa shape index (κ1) is 28.8. The van der Waals surface area contributed by atoms with Crippen LogP contribution in [0.25, 0.3) is 0 Å². The van der Waals surface area contributed by atoms with Crippen LogP contribution in [-0.4, -0.2) is 59.0 Å². The lowest BCUT2D eigenvalue weighted by Gasteiger charge is -2.32. The molecule has 3 rings (SSSR count). The van der Waals surface area contributed by atoms with Crippen molar-refractivity contribution < 1.29 is 27.5 Å². The topological polar surface area (TPSA) is 105 Å². The van der Waals surface area contributed by atoms with Crippen LogP contribution >= 0.6 is 11.6 Å². The van der Waals surface area contributed by atoms with E-state index in [1.165, 1.54) is 49.4 Å². The average Bonchev–Trinajstić information content (AvgIpc) is 2.94. The lowest BCUT2D eigenvalue weighted by Crippen LogP contribution is -2.50. The number of anilines is 1. The number of sulfonamides is 1. The highest BCUT2D eigenvalue weighted by Gasteiger charge is 2.32. The Kier molecular flexibility index (Phi) is 9.60. The maximum absolute atomic E-state index is 13.8. The van der Waals surface area contributed by atoms with Gasteiger partial charge in [-0.3, -0.25) is 13.9 Å². The molecule has 0 aromatic heterocycles. The Morgan fingerprint density at radius 3 is 2.18 bits per heavy atom. The molecule has 0 aliphatic heterocycles. The van der Waals surface area contributed by atoms with Gasteiger partial charge >= 0.3 is 0 Å². The summed E-state index contributed by atoms with van der Waals surface area (Å²) in [5.41, 5.74) is 0.907. The van der Waals surface area contributed by atoms with Crippen LogP contribution in [0.2, 0.25) is 5.02 Å². The number of nitrogens with one attached hydrogen (secondary N) is 1. The maximum atomic E-state index is 13.8. The Bertz CT molecular complexity index is 1370. The summed E-state index contributed by atoms with van der Waals surface area (Å²) in [5, 5.41) is 2.73. The summed E-state index contributed by atoms with van der Waals surface area (Å²) in [5.74, 6) is 0.0239. The van der Waals surface area contributed by atoms with Gasteiger partial charge in [-0.25, -0.2) is 8.42 Å². The number of benzene rings is 3. The molecule has 1 N–H and O–H groups in total. The Labute approximate surface area is 228 Å². The van der Waals surface area contributed by atoms with Gasteiger partial charge in [0.1, 0.15) is 24.1 Å². The standard InChI is InChI=1S/C27H30ClN3O6S/c1-19(27(33)29-2)30(17-20-10-13-22(36-3)14-11-20)26(32)18-31(21-12-15-25(37-4)24(28)16-21)38(34,35)23-8-6-5-7-9-23/h5-16,19H,17-18H2,1-4H3,(H,29,33)/t19-/m1/s1. The van der Waals surface area contributed by atoms with Gasteiger partial charge in [0.05, 0.1) is 29.8 Å². The van der Waals surface area contributed by atoms with Crippen LogP contribution in [0.1, 0.15) is 12.5 Å². The molecule has 202 valence electrons. The molecule has 2 amide bonds. The Hall–Kier alpha value is -3.76. The van der Waals surface area contributed by atoms with E-state index in [1.807, 2.05) is 0 Å². The van der Waals surface area contributed by atoms with Crippen molar-refractivity contribution >= 4 is 39.1 Å². The number of carbonyl (C=O) groups excluding carboxylic acids is 2. The van der Waals surface area contributed by atoms with E-state index in [1.54, 1.807) is 56.5 Å². The minimum Gasteiger partial charge on any atom is -0.497 e. The van der Waals surface area contributed by atoms with Gasteiger partial charge in [0, 0.05) is 13.6 Å². The van der Waals surface area contributed by atoms with Crippen LogP contribution in [0.4, 0.5) is 5.69 Å². The van der Waals surface area contributed by atoms with Crippen molar-refractivity contribution in [1.29, 1.82) is 0 Å². The smallest absolute Gasteiger partial charge is 0.264 e. The first-order valence-corrected chi connectivity index (χ1v) is 13.5. The minimum absolute atomic E-state index is 0.000736. The van der Waals surface area contributed by atoms with Gasteiger partial charge in [0.15, 0.2) is 0 Å². The first-order valence-electron chi connectivity index (χ1n) is 11.7. The molecule has 0 aliphatic carbocycles. The third kappa shape index (κ3) is 6.56. The molecule has 0 heterocycles. The van der Waals surface area contributed by atoms with E-state index < -0.39 is 34.4 Å². The quantitative estimate of drug-likeness (QED) is 0.384. The number of hydrogen-bond donors (Lipinski definition) is 1. The highest BCUT2D eigenvalue weighted by Crippen LogP contribution is 2.32. The van der Waals surface area contributed by atoms with Crippen molar-refractivity contribution in [3.63, 3.8) is 0 Å². The number of likely N-dealkylation sites (N-methyl/N-ethyl adjacent to an activating group) is 1. The van der Waals surface area contributed by atoms with Crippen molar-refractivity contribution in [3.05, 3.63) is 83.4 Å². The highest BCUT2D eigenvalue weighted by molar-refractivity contribution is 7.92. The number of methoxy groups -OCH3 is 2. The number of halogens is 1. The van der Waals surface area contributed by atoms with Gasteiger partial charge in [-0.2, -0.15) is 0 Å². The second-order valence-corrected chi connectivity index (χ2v) is 10.6. The Morgan fingerprint density at radius 2 is 1.63 bits per heavy atom. The van der Waals surface area contributed by atoms with Gasteiger partial charge in [-0.15, -0.1) is 0 Å². The molecule has 38 heavy (non-hydrogen) atoms. The number of carbonyl (C=O) groups is 2. The lowest BCUT2D eigenvalue weighted by molar-refractivity contribution is -0.139. The van der Waals surface area contributed by atoms with E-state index in [0.29, 0.717) is 11.5 Å². The summed E-state index contributed by atoms with van der Waals surface area (Å²) in [6.07, 6.45) is 0. The fourth-order valence-corrected chi connectivity index (χ4v) is 5.46. The molecule has 0 spiro atoms. The van der Waals surface area contributed by atoms with Crippen LogP contribution in [0.5, 0.6) is 11.5 Å². The molecule has 11 heteroatoms. The molecule has 0 fully saturated rings. The van der Waals surface area contributed by atoms with Gasteiger partial charge in [-0.05, 0) is 55.0 Å². The molecule has 0 aliphatic rings. The maximum Gasteiger partial charge on any atom is 0.264 e. The van der Waals surface area contributed by atoms with Gasteiger partial charge in [0.25, 0.3) is 10.0 Å². The molecule has 0 saturated carbocycles. The first-order chi connectivity index (χ1) is 18.1. The van der Waals surface area contributed by atoms with E-state index in [9.17, 15) is 18.0 Å². The molecule has 3 aromatic rings. The molecule has 0 saturated heterocycles. The van der Waals surface area contributed by atoms with Crippen LogP contribution in [0.3, 0.4) is 0 Å². The third-order valence-electron chi connectivity index (χ3n) is 5.96. The fraction of sp³-hybridized carbons (Fsp3) is 0.259. The van der Waals surface area contributed by atoms with Crippen molar-refractivity contribution in [2.75, 3.05) is 32.1 Å². The minimum atomic E-state index is -4.18. The lowest BCUT2D eigenvalue weighted by atomic mass is 10.1. The highest BCUT2D eigenvalue weighted by atomic mass is 35.5. The molecule has 0 radical (unpaired) electrons. The van der Waals surface area contributed by atoms with E-state index in [-0.39, 0.29) is 22.2 Å². The summed E-state index contributed by atoms with van der Waals surface area (Å²) < 4.78 is 38.8. The summed E-state index contributed by atoms with van der Waals surface area (Å²) in [6, 6.07) is 18.4. The number of hydrogen-bond acceptors (Lipinski definition) is 6. The normalized spacial score (nSPS) is 11.8. The zero-order valence-corrected chi connectivity index (χ0v) is 23.1. The van der Waals surface area contributed by atoms with Gasteiger partial charge in [-0.1, -0.05) is 41.9 Å². The van der Waals surface area contributed by atoms with Gasteiger partial charge < -0.3 is 19.7 Å². The van der Waals surface area contributed by atoms with Crippen molar-refractivity contribution in [2.24, 2.45) is 0 Å². The summed E-state index contributed by atoms with van der Waals surface area (Å²) >= 11 is 6.31. The van der Waals surface area contributed by atoms with Crippen LogP contribution < -0.4 is 19.1 Å². The van der Waals surface area contributed by atoms with E-state index in [0.717, 1.165) is 9.87 Å². The molecule has 0 bridgehead atoms. The predicted octanol–water partition coefficient (Wildman–Crippen LogP) is 3.72. The van der Waals surface area contributed by atoms with E-state index in [2.05, 4.69) is 5.32 Å². The second kappa shape index (κ2) is 12.7. The molecular formula is C27H30ClN3O6S. The SMILES string of the molecule is CNC(=O)[C@@H](C)N(Cc1ccc(OC)cc1)C(=O)CN(c1ccc(OC)c(Cl)c1)S(=O)(=O)c1ccccc1. The monoisotopic (exact) mass is 559 g/mol. The molecule has 3 aromatic carbocycles. The largest absolute Gasteiger partial charge is 0.497 e.